The zero-order chi connectivity index (χ0) is 13.0. The molecule has 1 amide bonds. The van der Waals surface area contributed by atoms with Gasteiger partial charge >= 0.3 is 0 Å². The fraction of sp³-hybridized carbons (Fsp3) is 0.933. The van der Waals surface area contributed by atoms with Gasteiger partial charge in [0.25, 0.3) is 0 Å². The molecule has 3 nitrogen and oxygen atoms in total. The van der Waals surface area contributed by atoms with Crippen molar-refractivity contribution in [2.24, 2.45) is 5.92 Å². The second kappa shape index (κ2) is 8.11. The standard InChI is InChI=1S/C15H28N2O.ClH/c1-12-4-3-5-13(2)17(12)15(18)7-6-14-8-10-16-11-9-14;/h12-14,16H,3-11H2,1-2H3;1H. The molecule has 0 spiro atoms. The van der Waals surface area contributed by atoms with Crippen LogP contribution in [0.2, 0.25) is 0 Å². The van der Waals surface area contributed by atoms with Gasteiger partial charge in [0.1, 0.15) is 0 Å². The van der Waals surface area contributed by atoms with Crippen molar-refractivity contribution in [3.8, 4) is 0 Å². The van der Waals surface area contributed by atoms with Crippen molar-refractivity contribution in [3.63, 3.8) is 0 Å². The van der Waals surface area contributed by atoms with E-state index < -0.39 is 0 Å². The number of nitrogens with one attached hydrogen (secondary N) is 1. The van der Waals surface area contributed by atoms with Crippen LogP contribution in [0.5, 0.6) is 0 Å². The summed E-state index contributed by atoms with van der Waals surface area (Å²) in [4.78, 5) is 14.5. The first kappa shape index (κ1) is 16.8. The number of hydrogen-bond donors (Lipinski definition) is 1. The van der Waals surface area contributed by atoms with Crippen molar-refractivity contribution in [2.45, 2.75) is 70.9 Å². The van der Waals surface area contributed by atoms with Gasteiger partial charge in [-0.2, -0.15) is 0 Å². The van der Waals surface area contributed by atoms with Gasteiger partial charge < -0.3 is 10.2 Å². The lowest BCUT2D eigenvalue weighted by Crippen LogP contribution is -2.47. The van der Waals surface area contributed by atoms with Gasteiger partial charge in [-0.1, -0.05) is 0 Å². The predicted molar refractivity (Wildman–Crippen MR) is 81.7 cm³/mol. The highest BCUT2D eigenvalue weighted by molar-refractivity contribution is 5.85. The summed E-state index contributed by atoms with van der Waals surface area (Å²) < 4.78 is 0. The Morgan fingerprint density at radius 3 is 2.26 bits per heavy atom. The minimum absolute atomic E-state index is 0. The lowest BCUT2D eigenvalue weighted by molar-refractivity contribution is -0.137. The molecule has 2 saturated heterocycles. The van der Waals surface area contributed by atoms with Crippen LogP contribution >= 0.6 is 12.4 Å². The Balaban J connectivity index is 0.00000180. The van der Waals surface area contributed by atoms with Gasteiger partial charge in [0.2, 0.25) is 5.91 Å². The van der Waals surface area contributed by atoms with Crippen molar-refractivity contribution < 1.29 is 4.79 Å². The number of rotatable bonds is 3. The summed E-state index contributed by atoms with van der Waals surface area (Å²) in [5, 5.41) is 3.38. The maximum atomic E-state index is 12.4. The number of piperidine rings is 2. The molecule has 0 bridgehead atoms. The fourth-order valence-corrected chi connectivity index (χ4v) is 3.54. The van der Waals surface area contributed by atoms with Gasteiger partial charge in [-0.25, -0.2) is 0 Å². The van der Waals surface area contributed by atoms with E-state index in [-0.39, 0.29) is 12.4 Å². The number of carbonyl (C=O) groups is 1. The van der Waals surface area contributed by atoms with E-state index >= 15 is 0 Å². The Bertz CT molecular complexity index is 269. The molecule has 0 aliphatic carbocycles. The molecule has 1 N–H and O–H groups in total. The summed E-state index contributed by atoms with van der Waals surface area (Å²) in [5.74, 6) is 1.17. The number of amides is 1. The van der Waals surface area contributed by atoms with Gasteiger partial charge in [0.05, 0.1) is 0 Å². The SMILES string of the molecule is CC1CCCC(C)N1C(=O)CCC1CCNCC1.Cl. The first-order valence-corrected chi connectivity index (χ1v) is 7.70. The molecule has 19 heavy (non-hydrogen) atoms. The molecule has 0 aromatic rings. The van der Waals surface area contributed by atoms with E-state index in [1.165, 1.54) is 32.1 Å². The number of halogens is 1. The van der Waals surface area contributed by atoms with Crippen LogP contribution in [0, 0.1) is 5.92 Å². The zero-order valence-corrected chi connectivity index (χ0v) is 13.2. The number of carbonyl (C=O) groups excluding carboxylic acids is 1. The Hall–Kier alpha value is -0.280. The molecule has 4 heteroatoms. The zero-order valence-electron chi connectivity index (χ0n) is 12.4. The lowest BCUT2D eigenvalue weighted by atomic mass is 9.91. The molecule has 2 rings (SSSR count). The van der Waals surface area contributed by atoms with E-state index in [2.05, 4.69) is 24.1 Å². The molecule has 0 aromatic heterocycles. The van der Waals surface area contributed by atoms with Crippen molar-refractivity contribution >= 4 is 18.3 Å². The highest BCUT2D eigenvalue weighted by Crippen LogP contribution is 2.25. The molecular weight excluding hydrogens is 260 g/mol. The molecule has 2 unspecified atom stereocenters. The van der Waals surface area contributed by atoms with Crippen LogP contribution in [0.4, 0.5) is 0 Å². The molecule has 2 atom stereocenters. The van der Waals surface area contributed by atoms with Gasteiger partial charge in [-0.05, 0) is 71.4 Å². The monoisotopic (exact) mass is 288 g/mol. The lowest BCUT2D eigenvalue weighted by Gasteiger charge is -2.39. The molecule has 0 radical (unpaired) electrons. The van der Waals surface area contributed by atoms with E-state index in [1.807, 2.05) is 0 Å². The Morgan fingerprint density at radius 1 is 1.11 bits per heavy atom. The van der Waals surface area contributed by atoms with E-state index in [0.29, 0.717) is 18.0 Å². The quantitative estimate of drug-likeness (QED) is 0.866. The molecule has 0 saturated carbocycles. The summed E-state index contributed by atoms with van der Waals surface area (Å²) >= 11 is 0. The number of hydrogen-bond acceptors (Lipinski definition) is 2. The largest absolute Gasteiger partial charge is 0.337 e. The third-order valence-electron chi connectivity index (χ3n) is 4.71. The van der Waals surface area contributed by atoms with Crippen LogP contribution < -0.4 is 5.32 Å². The maximum absolute atomic E-state index is 12.4. The minimum atomic E-state index is 0. The summed E-state index contributed by atoms with van der Waals surface area (Å²) in [6, 6.07) is 0.906. The molecule has 112 valence electrons. The Kier molecular flexibility index (Phi) is 7.16. The molecule has 0 aromatic carbocycles. The average molecular weight is 289 g/mol. The summed E-state index contributed by atoms with van der Waals surface area (Å²) in [7, 11) is 0. The predicted octanol–water partition coefficient (Wildman–Crippen LogP) is 2.98. The first-order chi connectivity index (χ1) is 8.68. The Morgan fingerprint density at radius 2 is 1.68 bits per heavy atom. The van der Waals surface area contributed by atoms with E-state index in [0.717, 1.165) is 31.8 Å². The van der Waals surface area contributed by atoms with Crippen LogP contribution in [0.25, 0.3) is 0 Å². The smallest absolute Gasteiger partial charge is 0.223 e. The van der Waals surface area contributed by atoms with Crippen molar-refractivity contribution in [1.29, 1.82) is 0 Å². The molecule has 2 aliphatic rings. The topological polar surface area (TPSA) is 32.3 Å². The van der Waals surface area contributed by atoms with Gasteiger partial charge in [-0.3, -0.25) is 4.79 Å². The van der Waals surface area contributed by atoms with Gasteiger partial charge in [0, 0.05) is 18.5 Å². The molecular formula is C15H29ClN2O. The van der Waals surface area contributed by atoms with Crippen LogP contribution in [0.1, 0.15) is 58.8 Å². The van der Waals surface area contributed by atoms with Crippen molar-refractivity contribution in [1.82, 2.24) is 10.2 Å². The van der Waals surface area contributed by atoms with Gasteiger partial charge in [0.15, 0.2) is 0 Å². The van der Waals surface area contributed by atoms with E-state index in [9.17, 15) is 4.79 Å². The normalized spacial score (nSPS) is 28.8. The molecule has 2 heterocycles. The van der Waals surface area contributed by atoms with Crippen LogP contribution in [-0.2, 0) is 4.79 Å². The summed E-state index contributed by atoms with van der Waals surface area (Å²) in [6.45, 7) is 6.68. The average Bonchev–Trinajstić information content (AvgIpc) is 2.37. The van der Waals surface area contributed by atoms with Crippen LogP contribution in [-0.4, -0.2) is 36.0 Å². The number of likely N-dealkylation sites (tertiary alicyclic amines) is 1. The van der Waals surface area contributed by atoms with Crippen molar-refractivity contribution in [3.05, 3.63) is 0 Å². The summed E-state index contributed by atoms with van der Waals surface area (Å²) in [5.41, 5.74) is 0. The molecule has 2 fully saturated rings. The highest BCUT2D eigenvalue weighted by Gasteiger charge is 2.28. The second-order valence-electron chi connectivity index (χ2n) is 6.16. The van der Waals surface area contributed by atoms with Gasteiger partial charge in [-0.15, -0.1) is 12.4 Å². The summed E-state index contributed by atoms with van der Waals surface area (Å²) in [6.07, 6.45) is 8.00. The third kappa shape index (κ3) is 4.64. The maximum Gasteiger partial charge on any atom is 0.223 e. The van der Waals surface area contributed by atoms with E-state index in [1.54, 1.807) is 0 Å². The Labute approximate surface area is 123 Å². The van der Waals surface area contributed by atoms with Crippen LogP contribution in [0.3, 0.4) is 0 Å². The third-order valence-corrected chi connectivity index (χ3v) is 4.71. The minimum Gasteiger partial charge on any atom is -0.337 e. The second-order valence-corrected chi connectivity index (χ2v) is 6.16. The van der Waals surface area contributed by atoms with Crippen LogP contribution in [0.15, 0.2) is 0 Å². The first-order valence-electron chi connectivity index (χ1n) is 7.70. The highest BCUT2D eigenvalue weighted by atomic mass is 35.5. The number of nitrogens with zero attached hydrogens (tertiary/aromatic N) is 1. The molecule has 2 aliphatic heterocycles. The van der Waals surface area contributed by atoms with Crippen molar-refractivity contribution in [2.75, 3.05) is 13.1 Å². The fourth-order valence-electron chi connectivity index (χ4n) is 3.54. The van der Waals surface area contributed by atoms with E-state index in [4.69, 9.17) is 0 Å².